The lowest BCUT2D eigenvalue weighted by atomic mass is 10.1. The first-order chi connectivity index (χ1) is 11.8. The van der Waals surface area contributed by atoms with E-state index >= 15 is 0 Å². The SMILES string of the molecule is COc1cc(C)c(CN(C)C(=S)Nc2ccc(C)c(C)c2)cc1OC. The molecule has 0 aromatic heterocycles. The summed E-state index contributed by atoms with van der Waals surface area (Å²) in [6, 6.07) is 10.2. The molecule has 0 amide bonds. The van der Waals surface area contributed by atoms with Crippen molar-refractivity contribution in [2.45, 2.75) is 27.3 Å². The van der Waals surface area contributed by atoms with Crippen LogP contribution in [0.15, 0.2) is 30.3 Å². The van der Waals surface area contributed by atoms with E-state index in [0.29, 0.717) is 11.7 Å². The highest BCUT2D eigenvalue weighted by atomic mass is 32.1. The molecule has 2 rings (SSSR count). The van der Waals surface area contributed by atoms with Gasteiger partial charge in [0.1, 0.15) is 0 Å². The Balaban J connectivity index is 2.11. The van der Waals surface area contributed by atoms with E-state index in [0.717, 1.165) is 28.3 Å². The first kappa shape index (κ1) is 19.1. The predicted molar refractivity (Wildman–Crippen MR) is 108 cm³/mol. The Kier molecular flexibility index (Phi) is 6.26. The van der Waals surface area contributed by atoms with Gasteiger partial charge in [-0.25, -0.2) is 0 Å². The van der Waals surface area contributed by atoms with Crippen molar-refractivity contribution in [1.82, 2.24) is 4.90 Å². The van der Waals surface area contributed by atoms with Gasteiger partial charge in [0, 0.05) is 19.3 Å². The van der Waals surface area contributed by atoms with Gasteiger partial charge in [-0.2, -0.15) is 0 Å². The molecule has 0 saturated heterocycles. The molecule has 5 heteroatoms. The fourth-order valence-electron chi connectivity index (χ4n) is 2.56. The maximum absolute atomic E-state index is 5.55. The van der Waals surface area contributed by atoms with Gasteiger partial charge in [0.25, 0.3) is 0 Å². The fourth-order valence-corrected chi connectivity index (χ4v) is 2.74. The average Bonchev–Trinajstić information content (AvgIpc) is 2.59. The molecule has 2 aromatic carbocycles. The number of ether oxygens (including phenoxy) is 2. The van der Waals surface area contributed by atoms with E-state index in [4.69, 9.17) is 21.7 Å². The van der Waals surface area contributed by atoms with Crippen molar-refractivity contribution in [1.29, 1.82) is 0 Å². The van der Waals surface area contributed by atoms with Crippen LogP contribution in [-0.4, -0.2) is 31.3 Å². The van der Waals surface area contributed by atoms with Crippen LogP contribution in [0.5, 0.6) is 11.5 Å². The lowest BCUT2D eigenvalue weighted by molar-refractivity contribution is 0.353. The van der Waals surface area contributed by atoms with Crippen LogP contribution in [0.3, 0.4) is 0 Å². The van der Waals surface area contributed by atoms with Gasteiger partial charge in [-0.3, -0.25) is 0 Å². The van der Waals surface area contributed by atoms with Gasteiger partial charge in [-0.05, 0) is 79.5 Å². The van der Waals surface area contributed by atoms with Gasteiger partial charge in [-0.1, -0.05) is 6.07 Å². The molecular formula is C20H26N2O2S. The zero-order valence-electron chi connectivity index (χ0n) is 15.8. The van der Waals surface area contributed by atoms with Crippen molar-refractivity contribution in [3.63, 3.8) is 0 Å². The highest BCUT2D eigenvalue weighted by molar-refractivity contribution is 7.80. The number of hydrogen-bond donors (Lipinski definition) is 1. The number of methoxy groups -OCH3 is 2. The second-order valence-electron chi connectivity index (χ2n) is 6.22. The first-order valence-electron chi connectivity index (χ1n) is 8.16. The Bertz CT molecular complexity index is 775. The number of benzene rings is 2. The van der Waals surface area contributed by atoms with Gasteiger partial charge in [-0.15, -0.1) is 0 Å². The number of nitrogens with one attached hydrogen (secondary N) is 1. The van der Waals surface area contributed by atoms with E-state index in [-0.39, 0.29) is 0 Å². The van der Waals surface area contributed by atoms with Crippen molar-refractivity contribution in [3.05, 3.63) is 52.6 Å². The average molecular weight is 359 g/mol. The van der Waals surface area contributed by atoms with Gasteiger partial charge >= 0.3 is 0 Å². The topological polar surface area (TPSA) is 33.7 Å². The molecule has 0 unspecified atom stereocenters. The summed E-state index contributed by atoms with van der Waals surface area (Å²) in [4.78, 5) is 2.01. The molecule has 4 nitrogen and oxygen atoms in total. The van der Waals surface area contributed by atoms with Crippen molar-refractivity contribution in [2.75, 3.05) is 26.6 Å². The van der Waals surface area contributed by atoms with Crippen LogP contribution < -0.4 is 14.8 Å². The Hall–Kier alpha value is -2.27. The van der Waals surface area contributed by atoms with Crippen molar-refractivity contribution < 1.29 is 9.47 Å². The lowest BCUT2D eigenvalue weighted by Crippen LogP contribution is -2.30. The van der Waals surface area contributed by atoms with Gasteiger partial charge in [0.2, 0.25) is 0 Å². The molecule has 2 aromatic rings. The third-order valence-electron chi connectivity index (χ3n) is 4.35. The van der Waals surface area contributed by atoms with Crippen LogP contribution in [0.1, 0.15) is 22.3 Å². The standard InChI is InChI=1S/C20H26N2O2S/c1-13-7-8-17(9-14(13)2)21-20(25)22(4)12-16-11-19(24-6)18(23-5)10-15(16)3/h7-11H,12H2,1-6H3,(H,21,25). The van der Waals surface area contributed by atoms with Crippen molar-refractivity contribution >= 4 is 23.0 Å². The molecule has 0 aliphatic rings. The summed E-state index contributed by atoms with van der Waals surface area (Å²) in [6.07, 6.45) is 0. The van der Waals surface area contributed by atoms with Crippen molar-refractivity contribution in [3.8, 4) is 11.5 Å². The van der Waals surface area contributed by atoms with E-state index in [1.807, 2.05) is 30.1 Å². The van der Waals surface area contributed by atoms with Gasteiger partial charge in [0.05, 0.1) is 14.2 Å². The minimum absolute atomic E-state index is 0.678. The largest absolute Gasteiger partial charge is 0.493 e. The molecule has 134 valence electrons. The molecule has 0 atom stereocenters. The normalized spacial score (nSPS) is 10.3. The summed E-state index contributed by atoms with van der Waals surface area (Å²) in [5.74, 6) is 1.46. The maximum Gasteiger partial charge on any atom is 0.173 e. The second-order valence-corrected chi connectivity index (χ2v) is 6.61. The van der Waals surface area contributed by atoms with E-state index in [1.54, 1.807) is 14.2 Å². The third kappa shape index (κ3) is 4.63. The smallest absolute Gasteiger partial charge is 0.173 e. The number of rotatable bonds is 5. The number of thiocarbonyl (C=S) groups is 1. The van der Waals surface area contributed by atoms with Crippen LogP contribution >= 0.6 is 12.2 Å². The highest BCUT2D eigenvalue weighted by Gasteiger charge is 2.12. The number of anilines is 1. The molecular weight excluding hydrogens is 332 g/mol. The zero-order valence-corrected chi connectivity index (χ0v) is 16.6. The summed E-state index contributed by atoms with van der Waals surface area (Å²) in [5.41, 5.74) is 5.80. The predicted octanol–water partition coefficient (Wildman–Crippen LogP) is 4.46. The molecule has 0 saturated carbocycles. The molecule has 0 radical (unpaired) electrons. The lowest BCUT2D eigenvalue weighted by Gasteiger charge is -2.23. The first-order valence-corrected chi connectivity index (χ1v) is 8.57. The Morgan fingerprint density at radius 1 is 0.960 bits per heavy atom. The quantitative estimate of drug-likeness (QED) is 0.798. The minimum Gasteiger partial charge on any atom is -0.493 e. The number of aryl methyl sites for hydroxylation is 3. The number of nitrogens with zero attached hydrogens (tertiary/aromatic N) is 1. The van der Waals surface area contributed by atoms with E-state index < -0.39 is 0 Å². The Morgan fingerprint density at radius 3 is 2.20 bits per heavy atom. The minimum atomic E-state index is 0.678. The fraction of sp³-hybridized carbons (Fsp3) is 0.350. The summed E-state index contributed by atoms with van der Waals surface area (Å²) in [5, 5.41) is 3.98. The molecule has 0 fully saturated rings. The molecule has 0 bridgehead atoms. The van der Waals surface area contributed by atoms with Crippen LogP contribution in [0, 0.1) is 20.8 Å². The van der Waals surface area contributed by atoms with Crippen LogP contribution in [-0.2, 0) is 6.54 Å². The van der Waals surface area contributed by atoms with Crippen LogP contribution in [0.4, 0.5) is 5.69 Å². The van der Waals surface area contributed by atoms with Crippen molar-refractivity contribution in [2.24, 2.45) is 0 Å². The molecule has 25 heavy (non-hydrogen) atoms. The maximum atomic E-state index is 5.55. The summed E-state index contributed by atoms with van der Waals surface area (Å²) in [7, 11) is 5.27. The molecule has 0 aliphatic carbocycles. The molecule has 0 spiro atoms. The van der Waals surface area contributed by atoms with E-state index in [1.165, 1.54) is 11.1 Å². The second kappa shape index (κ2) is 8.21. The summed E-state index contributed by atoms with van der Waals surface area (Å²) >= 11 is 5.55. The molecule has 1 N–H and O–H groups in total. The molecule has 0 heterocycles. The van der Waals surface area contributed by atoms with E-state index in [2.05, 4.69) is 38.2 Å². The number of hydrogen-bond acceptors (Lipinski definition) is 3. The van der Waals surface area contributed by atoms with Gasteiger partial charge in [0.15, 0.2) is 16.6 Å². The van der Waals surface area contributed by atoms with Gasteiger partial charge < -0.3 is 19.7 Å². The molecule has 0 aliphatic heterocycles. The highest BCUT2D eigenvalue weighted by Crippen LogP contribution is 2.30. The Morgan fingerprint density at radius 2 is 1.60 bits per heavy atom. The van der Waals surface area contributed by atoms with E-state index in [9.17, 15) is 0 Å². The Labute approximate surface area is 155 Å². The monoisotopic (exact) mass is 358 g/mol. The summed E-state index contributed by atoms with van der Waals surface area (Å²) < 4.78 is 10.7. The van der Waals surface area contributed by atoms with Crippen LogP contribution in [0.25, 0.3) is 0 Å². The zero-order chi connectivity index (χ0) is 18.6. The third-order valence-corrected chi connectivity index (χ3v) is 4.77. The van der Waals surface area contributed by atoms with Crippen LogP contribution in [0.2, 0.25) is 0 Å². The summed E-state index contributed by atoms with van der Waals surface area (Å²) in [6.45, 7) is 6.94.